The van der Waals surface area contributed by atoms with E-state index in [1.165, 1.54) is 17.1 Å². The highest BCUT2D eigenvalue weighted by Crippen LogP contribution is 1.95. The molecular formula is C6H10ClN3O2. The van der Waals surface area contributed by atoms with Crippen LogP contribution in [0, 0.1) is 0 Å². The van der Waals surface area contributed by atoms with Gasteiger partial charge in [0.15, 0.2) is 0 Å². The number of carbonyl (C=O) groups is 1. The zero-order valence-electron chi connectivity index (χ0n) is 6.30. The molecule has 1 aromatic rings. The van der Waals surface area contributed by atoms with Gasteiger partial charge in [0.1, 0.15) is 0 Å². The fraction of sp³-hybridized carbons (Fsp3) is 0.333. The summed E-state index contributed by atoms with van der Waals surface area (Å²) in [6.07, 6.45) is 2.76. The molecule has 0 unspecified atom stereocenters. The van der Waals surface area contributed by atoms with Crippen LogP contribution in [0.1, 0.15) is 10.4 Å². The first-order valence-electron chi connectivity index (χ1n) is 3.20. The Bertz CT molecular complexity index is 261. The van der Waals surface area contributed by atoms with Crippen molar-refractivity contribution in [2.75, 3.05) is 6.54 Å². The average molecular weight is 192 g/mol. The number of aromatic nitrogens is 2. The molecule has 0 bridgehead atoms. The molecule has 0 aliphatic heterocycles. The summed E-state index contributed by atoms with van der Waals surface area (Å²) in [5, 5.41) is 12.3. The average Bonchev–Trinajstić information content (AvgIpc) is 2.37. The second-order valence-electron chi connectivity index (χ2n) is 2.09. The lowest BCUT2D eigenvalue weighted by Gasteiger charge is -1.93. The quantitative estimate of drug-likeness (QED) is 0.703. The molecule has 12 heavy (non-hydrogen) atoms. The van der Waals surface area contributed by atoms with E-state index in [2.05, 4.69) is 5.10 Å². The van der Waals surface area contributed by atoms with Gasteiger partial charge in [-0.25, -0.2) is 4.79 Å². The number of hydrogen-bond acceptors (Lipinski definition) is 3. The van der Waals surface area contributed by atoms with E-state index in [0.29, 0.717) is 13.1 Å². The molecular weight excluding hydrogens is 182 g/mol. The molecule has 1 rings (SSSR count). The minimum Gasteiger partial charge on any atom is -0.478 e. The minimum atomic E-state index is -0.965. The van der Waals surface area contributed by atoms with E-state index in [4.69, 9.17) is 10.8 Å². The topological polar surface area (TPSA) is 81.1 Å². The van der Waals surface area contributed by atoms with Crippen LogP contribution in [0.5, 0.6) is 0 Å². The maximum Gasteiger partial charge on any atom is 0.338 e. The van der Waals surface area contributed by atoms with Crippen molar-refractivity contribution < 1.29 is 9.90 Å². The molecule has 0 saturated carbocycles. The Labute approximate surface area is 75.6 Å². The smallest absolute Gasteiger partial charge is 0.338 e. The lowest BCUT2D eigenvalue weighted by Crippen LogP contribution is -2.09. The second-order valence-corrected chi connectivity index (χ2v) is 2.09. The van der Waals surface area contributed by atoms with Crippen LogP contribution in [0.25, 0.3) is 0 Å². The molecule has 0 aliphatic rings. The van der Waals surface area contributed by atoms with Crippen LogP contribution >= 0.6 is 12.4 Å². The molecule has 0 saturated heterocycles. The van der Waals surface area contributed by atoms with Gasteiger partial charge < -0.3 is 10.8 Å². The number of rotatable bonds is 3. The summed E-state index contributed by atoms with van der Waals surface area (Å²) in [5.41, 5.74) is 5.43. The molecule has 0 radical (unpaired) electrons. The Morgan fingerprint density at radius 3 is 2.83 bits per heavy atom. The molecule has 6 heteroatoms. The molecule has 1 aromatic heterocycles. The third-order valence-corrected chi connectivity index (χ3v) is 1.24. The van der Waals surface area contributed by atoms with Gasteiger partial charge in [-0.1, -0.05) is 0 Å². The predicted molar refractivity (Wildman–Crippen MR) is 45.5 cm³/mol. The van der Waals surface area contributed by atoms with Crippen molar-refractivity contribution in [1.82, 2.24) is 9.78 Å². The van der Waals surface area contributed by atoms with Crippen LogP contribution in [0.15, 0.2) is 12.4 Å². The summed E-state index contributed by atoms with van der Waals surface area (Å²) >= 11 is 0. The van der Waals surface area contributed by atoms with Crippen molar-refractivity contribution in [3.05, 3.63) is 18.0 Å². The summed E-state index contributed by atoms with van der Waals surface area (Å²) in [6, 6.07) is 0. The van der Waals surface area contributed by atoms with E-state index in [9.17, 15) is 4.79 Å². The van der Waals surface area contributed by atoms with Gasteiger partial charge in [-0.2, -0.15) is 5.10 Å². The number of nitrogens with zero attached hydrogens (tertiary/aromatic N) is 2. The van der Waals surface area contributed by atoms with Gasteiger partial charge in [0, 0.05) is 12.7 Å². The van der Waals surface area contributed by atoms with E-state index in [1.54, 1.807) is 0 Å². The Balaban J connectivity index is 0.00000121. The number of carboxylic acids is 1. The molecule has 0 aliphatic carbocycles. The van der Waals surface area contributed by atoms with Crippen molar-refractivity contribution in [2.45, 2.75) is 6.54 Å². The highest BCUT2D eigenvalue weighted by Gasteiger charge is 2.04. The number of hydrogen-bond donors (Lipinski definition) is 2. The Hall–Kier alpha value is -1.07. The Morgan fingerprint density at radius 1 is 1.75 bits per heavy atom. The number of nitrogens with two attached hydrogens (primary N) is 1. The number of aromatic carboxylic acids is 1. The lowest BCUT2D eigenvalue weighted by atomic mass is 10.4. The maximum atomic E-state index is 10.3. The fourth-order valence-corrected chi connectivity index (χ4v) is 0.729. The SMILES string of the molecule is Cl.NCCn1cc(C(=O)O)cn1. The Kier molecular flexibility index (Phi) is 4.31. The highest BCUT2D eigenvalue weighted by molar-refractivity contribution is 5.86. The minimum absolute atomic E-state index is 0. The molecule has 3 N–H and O–H groups in total. The van der Waals surface area contributed by atoms with Crippen molar-refractivity contribution in [3.8, 4) is 0 Å². The van der Waals surface area contributed by atoms with Gasteiger partial charge in [-0.3, -0.25) is 4.68 Å². The Morgan fingerprint density at radius 2 is 2.42 bits per heavy atom. The predicted octanol–water partition coefficient (Wildman–Crippen LogP) is -0.0382. The zero-order valence-corrected chi connectivity index (χ0v) is 7.12. The molecule has 68 valence electrons. The van der Waals surface area contributed by atoms with E-state index in [-0.39, 0.29) is 18.0 Å². The first-order valence-corrected chi connectivity index (χ1v) is 3.20. The van der Waals surface area contributed by atoms with Crippen molar-refractivity contribution in [1.29, 1.82) is 0 Å². The van der Waals surface area contributed by atoms with Crippen LogP contribution in [0.3, 0.4) is 0 Å². The zero-order chi connectivity index (χ0) is 8.27. The standard InChI is InChI=1S/C6H9N3O2.ClH/c7-1-2-9-4-5(3-8-9)6(10)11;/h3-4H,1-2,7H2,(H,10,11);1H. The summed E-state index contributed by atoms with van der Waals surface area (Å²) in [7, 11) is 0. The summed E-state index contributed by atoms with van der Waals surface area (Å²) < 4.78 is 1.50. The first-order chi connectivity index (χ1) is 5.24. The fourth-order valence-electron chi connectivity index (χ4n) is 0.729. The third-order valence-electron chi connectivity index (χ3n) is 1.24. The molecule has 0 atom stereocenters. The largest absolute Gasteiger partial charge is 0.478 e. The first kappa shape index (κ1) is 10.9. The highest BCUT2D eigenvalue weighted by atomic mass is 35.5. The van der Waals surface area contributed by atoms with E-state index in [1.807, 2.05) is 0 Å². The van der Waals surface area contributed by atoms with E-state index in [0.717, 1.165) is 0 Å². The molecule has 0 amide bonds. The summed E-state index contributed by atoms with van der Waals surface area (Å²) in [6.45, 7) is 1.01. The maximum absolute atomic E-state index is 10.3. The molecule has 0 fully saturated rings. The van der Waals surface area contributed by atoms with Crippen LogP contribution in [-0.2, 0) is 6.54 Å². The van der Waals surface area contributed by atoms with Crippen molar-refractivity contribution >= 4 is 18.4 Å². The van der Waals surface area contributed by atoms with Crippen LogP contribution in [-0.4, -0.2) is 27.4 Å². The van der Waals surface area contributed by atoms with Gasteiger partial charge in [0.25, 0.3) is 0 Å². The van der Waals surface area contributed by atoms with Gasteiger partial charge in [0.05, 0.1) is 18.3 Å². The normalized spacial score (nSPS) is 9.08. The van der Waals surface area contributed by atoms with Gasteiger partial charge in [-0.05, 0) is 0 Å². The third kappa shape index (κ3) is 2.52. The van der Waals surface area contributed by atoms with E-state index < -0.39 is 5.97 Å². The van der Waals surface area contributed by atoms with Crippen LogP contribution < -0.4 is 5.73 Å². The van der Waals surface area contributed by atoms with Gasteiger partial charge in [0.2, 0.25) is 0 Å². The molecule has 0 spiro atoms. The molecule has 0 aromatic carbocycles. The van der Waals surface area contributed by atoms with E-state index >= 15 is 0 Å². The number of carboxylic acid groups (broad SMARTS) is 1. The molecule has 5 nitrogen and oxygen atoms in total. The van der Waals surface area contributed by atoms with Crippen LogP contribution in [0.4, 0.5) is 0 Å². The van der Waals surface area contributed by atoms with Crippen molar-refractivity contribution in [2.24, 2.45) is 5.73 Å². The molecule has 1 heterocycles. The summed E-state index contributed by atoms with van der Waals surface area (Å²) in [4.78, 5) is 10.3. The second kappa shape index (κ2) is 4.74. The van der Waals surface area contributed by atoms with Crippen LogP contribution in [0.2, 0.25) is 0 Å². The van der Waals surface area contributed by atoms with Gasteiger partial charge >= 0.3 is 5.97 Å². The number of halogens is 1. The van der Waals surface area contributed by atoms with Crippen molar-refractivity contribution in [3.63, 3.8) is 0 Å². The summed E-state index contributed by atoms with van der Waals surface area (Å²) in [5.74, 6) is -0.965. The van der Waals surface area contributed by atoms with Gasteiger partial charge in [-0.15, -0.1) is 12.4 Å². The lowest BCUT2D eigenvalue weighted by molar-refractivity contribution is 0.0697. The monoisotopic (exact) mass is 191 g/mol.